The Morgan fingerprint density at radius 3 is 2.42 bits per heavy atom. The summed E-state index contributed by atoms with van der Waals surface area (Å²) in [5.41, 5.74) is 5.23. The highest BCUT2D eigenvalue weighted by molar-refractivity contribution is 7.89. The lowest BCUT2D eigenvalue weighted by atomic mass is 9.62. The Balaban J connectivity index is 1.48. The van der Waals surface area contributed by atoms with Gasteiger partial charge in [0.2, 0.25) is 10.0 Å². The number of piperidine rings is 1. The van der Waals surface area contributed by atoms with E-state index < -0.39 is 10.0 Å². The molecule has 1 saturated heterocycles. The van der Waals surface area contributed by atoms with Gasteiger partial charge in [-0.05, 0) is 73.3 Å². The molecular weight excluding hydrogens is 402 g/mol. The first kappa shape index (κ1) is 20.5. The van der Waals surface area contributed by atoms with Crippen LogP contribution in [-0.4, -0.2) is 25.3 Å². The minimum Gasteiger partial charge on any atom is -0.207 e. The molecule has 2 atom stereocenters. The first-order valence-corrected chi connectivity index (χ1v) is 12.6. The number of benzene rings is 3. The van der Waals surface area contributed by atoms with Crippen molar-refractivity contribution in [3.63, 3.8) is 0 Å². The predicted octanol–water partition coefficient (Wildman–Crippen LogP) is 5.28. The van der Waals surface area contributed by atoms with Gasteiger partial charge in [-0.2, -0.15) is 4.31 Å². The fourth-order valence-electron chi connectivity index (χ4n) is 5.60. The van der Waals surface area contributed by atoms with Crippen molar-refractivity contribution in [1.29, 1.82) is 0 Å². The molecule has 1 aliphatic heterocycles. The second-order valence-electron chi connectivity index (χ2n) is 9.16. The summed E-state index contributed by atoms with van der Waals surface area (Å²) >= 11 is 0. The molecule has 0 amide bonds. The van der Waals surface area contributed by atoms with Gasteiger partial charge >= 0.3 is 0 Å². The molecule has 1 heterocycles. The normalized spacial score (nSPS) is 23.3. The van der Waals surface area contributed by atoms with Gasteiger partial charge < -0.3 is 0 Å². The maximum Gasteiger partial charge on any atom is 0.243 e. The number of rotatable bonds is 5. The molecule has 2 aliphatic rings. The summed E-state index contributed by atoms with van der Waals surface area (Å²) in [7, 11) is -3.49. The van der Waals surface area contributed by atoms with Crippen molar-refractivity contribution in [2.24, 2.45) is 0 Å². The van der Waals surface area contributed by atoms with Crippen molar-refractivity contribution >= 4 is 10.0 Å². The van der Waals surface area contributed by atoms with Crippen LogP contribution in [0.2, 0.25) is 0 Å². The molecule has 3 aromatic rings. The minimum absolute atomic E-state index is 0.0192. The molecular formula is C27H29NO2S. The van der Waals surface area contributed by atoms with E-state index >= 15 is 0 Å². The Bertz CT molecular complexity index is 1170. The van der Waals surface area contributed by atoms with E-state index in [4.69, 9.17) is 0 Å². The summed E-state index contributed by atoms with van der Waals surface area (Å²) in [4.78, 5) is 0.411. The van der Waals surface area contributed by atoms with Crippen LogP contribution in [-0.2, 0) is 28.3 Å². The summed E-state index contributed by atoms with van der Waals surface area (Å²) < 4.78 is 28.8. The lowest BCUT2D eigenvalue weighted by Gasteiger charge is -2.51. The second-order valence-corrected chi connectivity index (χ2v) is 11.1. The molecule has 1 fully saturated rings. The Morgan fingerprint density at radius 2 is 1.65 bits per heavy atom. The Morgan fingerprint density at radius 1 is 0.935 bits per heavy atom. The largest absolute Gasteiger partial charge is 0.243 e. The number of nitrogens with zero attached hydrogens (tertiary/aromatic N) is 1. The zero-order valence-electron chi connectivity index (χ0n) is 18.0. The molecule has 0 saturated carbocycles. The topological polar surface area (TPSA) is 37.4 Å². The molecule has 3 nitrogen and oxygen atoms in total. The molecule has 31 heavy (non-hydrogen) atoms. The van der Waals surface area contributed by atoms with Crippen molar-refractivity contribution < 1.29 is 8.42 Å². The third-order valence-corrected chi connectivity index (χ3v) is 9.22. The van der Waals surface area contributed by atoms with Gasteiger partial charge in [0.25, 0.3) is 0 Å². The molecule has 0 aromatic heterocycles. The minimum atomic E-state index is -3.49. The summed E-state index contributed by atoms with van der Waals surface area (Å²) in [6, 6.07) is 26.6. The first-order valence-electron chi connectivity index (χ1n) is 11.2. The highest BCUT2D eigenvalue weighted by Crippen LogP contribution is 2.48. The van der Waals surface area contributed by atoms with Gasteiger partial charge in [0.15, 0.2) is 0 Å². The zero-order valence-corrected chi connectivity index (χ0v) is 18.8. The smallest absolute Gasteiger partial charge is 0.207 e. The van der Waals surface area contributed by atoms with Crippen molar-refractivity contribution in [3.05, 3.63) is 101 Å². The summed E-state index contributed by atoms with van der Waals surface area (Å²) in [5, 5.41) is 0. The van der Waals surface area contributed by atoms with Crippen LogP contribution >= 0.6 is 0 Å². The summed E-state index contributed by atoms with van der Waals surface area (Å²) in [6.07, 6.45) is 4.66. The maximum absolute atomic E-state index is 13.5. The lowest BCUT2D eigenvalue weighted by Crippen LogP contribution is -2.55. The maximum atomic E-state index is 13.5. The fraction of sp³-hybridized carbons (Fsp3) is 0.333. The highest BCUT2D eigenvalue weighted by atomic mass is 32.2. The van der Waals surface area contributed by atoms with E-state index in [1.54, 1.807) is 16.4 Å². The standard InChI is InChI=1S/C27H29NO2S/c1-21-11-13-25(14-12-21)31(29,30)28-18-17-27(16-15-22-7-3-2-4-8-22)20-24(28)19-23-9-5-6-10-26(23)27/h2-14,24H,15-20H2,1H3/t24-,27-/m0/s1. The van der Waals surface area contributed by atoms with Crippen molar-refractivity contribution in [2.75, 3.05) is 6.54 Å². The van der Waals surface area contributed by atoms with E-state index in [1.165, 1.54) is 16.7 Å². The molecule has 5 rings (SSSR count). The van der Waals surface area contributed by atoms with E-state index in [0.29, 0.717) is 11.4 Å². The molecule has 4 heteroatoms. The Hall–Kier alpha value is -2.43. The van der Waals surface area contributed by atoms with E-state index in [0.717, 1.165) is 37.7 Å². The molecule has 0 unspecified atom stereocenters. The molecule has 3 aromatic carbocycles. The van der Waals surface area contributed by atoms with Gasteiger partial charge in [0.05, 0.1) is 4.90 Å². The fourth-order valence-corrected chi connectivity index (χ4v) is 7.23. The van der Waals surface area contributed by atoms with Gasteiger partial charge in [0, 0.05) is 12.6 Å². The zero-order chi connectivity index (χ0) is 21.5. The van der Waals surface area contributed by atoms with Crippen LogP contribution in [0.1, 0.15) is 41.5 Å². The van der Waals surface area contributed by atoms with Crippen molar-refractivity contribution in [1.82, 2.24) is 4.31 Å². The second kappa shape index (κ2) is 7.92. The number of aryl methyl sites for hydroxylation is 2. The lowest BCUT2D eigenvalue weighted by molar-refractivity contribution is 0.141. The number of hydrogen-bond donors (Lipinski definition) is 0. The van der Waals surface area contributed by atoms with Crippen LogP contribution in [0, 0.1) is 6.92 Å². The molecule has 1 aliphatic carbocycles. The molecule has 0 spiro atoms. The van der Waals surface area contributed by atoms with Gasteiger partial charge in [-0.25, -0.2) is 8.42 Å². The molecule has 160 valence electrons. The predicted molar refractivity (Wildman–Crippen MR) is 125 cm³/mol. The number of sulfonamides is 1. The van der Waals surface area contributed by atoms with Gasteiger partial charge in [-0.1, -0.05) is 72.3 Å². The van der Waals surface area contributed by atoms with E-state index in [-0.39, 0.29) is 11.5 Å². The molecule has 0 radical (unpaired) electrons. The third kappa shape index (κ3) is 3.72. The van der Waals surface area contributed by atoms with E-state index in [1.807, 2.05) is 19.1 Å². The van der Waals surface area contributed by atoms with Crippen molar-refractivity contribution in [3.8, 4) is 0 Å². The van der Waals surface area contributed by atoms with Crippen LogP contribution < -0.4 is 0 Å². The van der Waals surface area contributed by atoms with Crippen LogP contribution in [0.15, 0.2) is 83.8 Å². The van der Waals surface area contributed by atoms with Crippen LogP contribution in [0.3, 0.4) is 0 Å². The summed E-state index contributed by atoms with van der Waals surface area (Å²) in [6.45, 7) is 2.57. The first-order chi connectivity index (χ1) is 15.0. The van der Waals surface area contributed by atoms with Crippen LogP contribution in [0.5, 0.6) is 0 Å². The number of hydrogen-bond acceptors (Lipinski definition) is 2. The molecule has 2 bridgehead atoms. The highest BCUT2D eigenvalue weighted by Gasteiger charge is 2.48. The Kier molecular flexibility index (Phi) is 5.23. The monoisotopic (exact) mass is 431 g/mol. The average molecular weight is 432 g/mol. The van der Waals surface area contributed by atoms with Crippen LogP contribution in [0.25, 0.3) is 0 Å². The third-order valence-electron chi connectivity index (χ3n) is 7.25. The van der Waals surface area contributed by atoms with Gasteiger partial charge in [-0.3, -0.25) is 0 Å². The van der Waals surface area contributed by atoms with Crippen molar-refractivity contribution in [2.45, 2.75) is 55.4 Å². The Labute approximate surface area is 185 Å². The van der Waals surface area contributed by atoms with Gasteiger partial charge in [0.1, 0.15) is 0 Å². The molecule has 0 N–H and O–H groups in total. The van der Waals surface area contributed by atoms with Gasteiger partial charge in [-0.15, -0.1) is 0 Å². The quantitative estimate of drug-likeness (QED) is 0.551. The number of fused-ring (bicyclic) bond motifs is 4. The van der Waals surface area contributed by atoms with Crippen LogP contribution in [0.4, 0.5) is 0 Å². The van der Waals surface area contributed by atoms with E-state index in [2.05, 4.69) is 54.6 Å². The SMILES string of the molecule is Cc1ccc(S(=O)(=O)N2CC[C@@]3(CCc4ccccc4)C[C@@H]2Cc2ccccc23)cc1. The average Bonchev–Trinajstić information content (AvgIpc) is 2.79. The summed E-state index contributed by atoms with van der Waals surface area (Å²) in [5.74, 6) is 0. The van der Waals surface area contributed by atoms with E-state index in [9.17, 15) is 8.42 Å².